The van der Waals surface area contributed by atoms with E-state index < -0.39 is 0 Å². The van der Waals surface area contributed by atoms with E-state index in [0.717, 1.165) is 42.2 Å². The number of hydrogen-bond acceptors (Lipinski definition) is 2. The third kappa shape index (κ3) is 7.27. The first-order valence-electron chi connectivity index (χ1n) is 8.05. The van der Waals surface area contributed by atoms with Crippen molar-refractivity contribution in [3.8, 4) is 0 Å². The van der Waals surface area contributed by atoms with Crippen molar-refractivity contribution >= 4 is 41.5 Å². The van der Waals surface area contributed by atoms with Gasteiger partial charge in [-0.2, -0.15) is 0 Å². The molecule has 0 amide bonds. The number of aliphatic imine (C=N–C) groups is 1. The van der Waals surface area contributed by atoms with Gasteiger partial charge in [0.05, 0.1) is 0 Å². The number of nitrogens with zero attached hydrogens (tertiary/aromatic N) is 2. The monoisotopic (exact) mass is 450 g/mol. The number of guanidine groups is 1. The Morgan fingerprint density at radius 3 is 2.65 bits per heavy atom. The Morgan fingerprint density at radius 1 is 1.35 bits per heavy atom. The molecule has 0 aliphatic heterocycles. The molecule has 1 aliphatic carbocycles. The minimum Gasteiger partial charge on any atom is -0.355 e. The van der Waals surface area contributed by atoms with Crippen LogP contribution in [0.1, 0.15) is 32.3 Å². The molecule has 4 nitrogen and oxygen atoms in total. The summed E-state index contributed by atoms with van der Waals surface area (Å²) in [7, 11) is 1.80. The summed E-state index contributed by atoms with van der Waals surface area (Å²) in [6.07, 6.45) is 2.69. The van der Waals surface area contributed by atoms with E-state index in [0.29, 0.717) is 6.04 Å². The zero-order valence-electron chi connectivity index (χ0n) is 14.2. The van der Waals surface area contributed by atoms with Crippen molar-refractivity contribution in [1.29, 1.82) is 0 Å². The van der Waals surface area contributed by atoms with Crippen LogP contribution in [0.5, 0.6) is 0 Å². The summed E-state index contributed by atoms with van der Waals surface area (Å²) >= 11 is 6.00. The van der Waals surface area contributed by atoms with Gasteiger partial charge in [-0.15, -0.1) is 24.0 Å². The Bertz CT molecular complexity index is 501. The van der Waals surface area contributed by atoms with Gasteiger partial charge in [0.1, 0.15) is 0 Å². The van der Waals surface area contributed by atoms with Gasteiger partial charge < -0.3 is 10.6 Å². The Balaban J connectivity index is 0.00000264. The van der Waals surface area contributed by atoms with Crippen molar-refractivity contribution in [3.05, 3.63) is 34.9 Å². The van der Waals surface area contributed by atoms with Gasteiger partial charge in [-0.25, -0.2) is 0 Å². The van der Waals surface area contributed by atoms with Gasteiger partial charge in [0.25, 0.3) is 0 Å². The predicted octanol–water partition coefficient (Wildman–Crippen LogP) is 3.50. The summed E-state index contributed by atoms with van der Waals surface area (Å²) in [5, 5.41) is 7.47. The molecule has 1 aliphatic rings. The Morgan fingerprint density at radius 2 is 2.09 bits per heavy atom. The van der Waals surface area contributed by atoms with E-state index in [1.54, 1.807) is 7.05 Å². The maximum absolute atomic E-state index is 6.00. The van der Waals surface area contributed by atoms with Crippen LogP contribution < -0.4 is 10.6 Å². The second kappa shape index (κ2) is 10.4. The molecule has 1 aromatic carbocycles. The maximum atomic E-state index is 6.00. The highest BCUT2D eigenvalue weighted by atomic mass is 127. The van der Waals surface area contributed by atoms with Gasteiger partial charge in [0, 0.05) is 43.8 Å². The lowest BCUT2D eigenvalue weighted by molar-refractivity contribution is 0.215. The van der Waals surface area contributed by atoms with Crippen LogP contribution >= 0.6 is 35.6 Å². The van der Waals surface area contributed by atoms with Crippen molar-refractivity contribution in [2.24, 2.45) is 4.99 Å². The first-order valence-corrected chi connectivity index (χ1v) is 8.42. The zero-order valence-corrected chi connectivity index (χ0v) is 17.3. The SMILES string of the molecule is CN=C(NCCN(C(C)C)C1CC1)NCc1cccc(Cl)c1.I. The van der Waals surface area contributed by atoms with Crippen molar-refractivity contribution in [3.63, 3.8) is 0 Å². The number of halogens is 2. The van der Waals surface area contributed by atoms with Crippen molar-refractivity contribution in [1.82, 2.24) is 15.5 Å². The number of nitrogens with one attached hydrogen (secondary N) is 2. The quantitative estimate of drug-likeness (QED) is 0.379. The minimum atomic E-state index is 0. The van der Waals surface area contributed by atoms with Crippen molar-refractivity contribution < 1.29 is 0 Å². The molecule has 0 saturated heterocycles. The second-order valence-corrected chi connectivity index (χ2v) is 6.48. The highest BCUT2D eigenvalue weighted by Crippen LogP contribution is 2.27. The third-order valence-corrected chi connectivity index (χ3v) is 4.15. The molecule has 6 heteroatoms. The van der Waals surface area contributed by atoms with Gasteiger partial charge in [0.2, 0.25) is 0 Å². The molecule has 1 fully saturated rings. The van der Waals surface area contributed by atoms with Crippen LogP contribution in [0, 0.1) is 0 Å². The van der Waals surface area contributed by atoms with E-state index in [1.807, 2.05) is 18.2 Å². The number of hydrogen-bond donors (Lipinski definition) is 2. The van der Waals surface area contributed by atoms with E-state index >= 15 is 0 Å². The van der Waals surface area contributed by atoms with Crippen LogP contribution in [0.4, 0.5) is 0 Å². The molecule has 0 heterocycles. The summed E-state index contributed by atoms with van der Waals surface area (Å²) in [5.74, 6) is 0.833. The molecule has 1 saturated carbocycles. The van der Waals surface area contributed by atoms with Gasteiger partial charge in [0.15, 0.2) is 5.96 Å². The van der Waals surface area contributed by atoms with E-state index in [2.05, 4.69) is 40.4 Å². The molecular weight excluding hydrogens is 423 g/mol. The largest absolute Gasteiger partial charge is 0.355 e. The average molecular weight is 451 g/mol. The lowest BCUT2D eigenvalue weighted by atomic mass is 10.2. The smallest absolute Gasteiger partial charge is 0.191 e. The van der Waals surface area contributed by atoms with E-state index in [1.165, 1.54) is 12.8 Å². The van der Waals surface area contributed by atoms with Crippen molar-refractivity contribution in [2.45, 2.75) is 45.3 Å². The van der Waals surface area contributed by atoms with Gasteiger partial charge in [-0.1, -0.05) is 23.7 Å². The minimum absolute atomic E-state index is 0. The van der Waals surface area contributed by atoms with Gasteiger partial charge >= 0.3 is 0 Å². The molecule has 2 N–H and O–H groups in total. The van der Waals surface area contributed by atoms with Crippen LogP contribution in [0.15, 0.2) is 29.3 Å². The van der Waals surface area contributed by atoms with E-state index in [9.17, 15) is 0 Å². The molecule has 0 unspecified atom stereocenters. The summed E-state index contributed by atoms with van der Waals surface area (Å²) < 4.78 is 0. The molecular formula is C17H28ClIN4. The van der Waals surface area contributed by atoms with Crippen LogP contribution in [-0.4, -0.2) is 43.1 Å². The average Bonchev–Trinajstić information content (AvgIpc) is 3.31. The molecule has 0 spiro atoms. The second-order valence-electron chi connectivity index (χ2n) is 6.05. The van der Waals surface area contributed by atoms with Crippen LogP contribution in [-0.2, 0) is 6.54 Å². The zero-order chi connectivity index (χ0) is 15.9. The van der Waals surface area contributed by atoms with Crippen LogP contribution in [0.2, 0.25) is 5.02 Å². The fourth-order valence-electron chi connectivity index (χ4n) is 2.63. The van der Waals surface area contributed by atoms with Gasteiger partial charge in [-0.3, -0.25) is 9.89 Å². The molecule has 0 radical (unpaired) electrons. The highest BCUT2D eigenvalue weighted by Gasteiger charge is 2.29. The normalized spacial score (nSPS) is 14.8. The summed E-state index contributed by atoms with van der Waals surface area (Å²) in [6.45, 7) is 7.22. The summed E-state index contributed by atoms with van der Waals surface area (Å²) in [5.41, 5.74) is 1.15. The van der Waals surface area contributed by atoms with Crippen molar-refractivity contribution in [2.75, 3.05) is 20.1 Å². The van der Waals surface area contributed by atoms with Crippen LogP contribution in [0.3, 0.4) is 0 Å². The molecule has 2 rings (SSSR count). The summed E-state index contributed by atoms with van der Waals surface area (Å²) in [4.78, 5) is 6.84. The maximum Gasteiger partial charge on any atom is 0.191 e. The first-order chi connectivity index (χ1) is 10.6. The lowest BCUT2D eigenvalue weighted by Gasteiger charge is -2.26. The van der Waals surface area contributed by atoms with E-state index in [4.69, 9.17) is 11.6 Å². The summed E-state index contributed by atoms with van der Waals surface area (Å²) in [6, 6.07) is 9.27. The third-order valence-electron chi connectivity index (χ3n) is 3.91. The standard InChI is InChI=1S/C17H27ClN4.HI/c1-13(2)22(16-7-8-16)10-9-20-17(19-3)21-12-14-5-4-6-15(18)11-14;/h4-6,11,13,16H,7-10,12H2,1-3H3,(H2,19,20,21);1H. The topological polar surface area (TPSA) is 39.7 Å². The lowest BCUT2D eigenvalue weighted by Crippen LogP contribution is -2.43. The molecule has 0 aromatic heterocycles. The number of benzene rings is 1. The van der Waals surface area contributed by atoms with Crippen LogP contribution in [0.25, 0.3) is 0 Å². The Kier molecular flexibility index (Phi) is 9.24. The molecule has 1 aromatic rings. The van der Waals surface area contributed by atoms with Gasteiger partial charge in [-0.05, 0) is 44.4 Å². The Labute approximate surface area is 162 Å². The highest BCUT2D eigenvalue weighted by molar-refractivity contribution is 14.0. The first kappa shape index (κ1) is 20.5. The Hall–Kier alpha value is -0.530. The van der Waals surface area contributed by atoms with E-state index in [-0.39, 0.29) is 24.0 Å². The predicted molar refractivity (Wildman–Crippen MR) is 110 cm³/mol. The molecule has 23 heavy (non-hydrogen) atoms. The fraction of sp³-hybridized carbons (Fsp3) is 0.588. The fourth-order valence-corrected chi connectivity index (χ4v) is 2.84. The molecule has 0 bridgehead atoms. The number of rotatable bonds is 7. The molecule has 0 atom stereocenters. The molecule has 130 valence electrons.